The van der Waals surface area contributed by atoms with E-state index in [2.05, 4.69) is 10.0 Å². The van der Waals surface area contributed by atoms with Crippen molar-refractivity contribution in [2.24, 2.45) is 0 Å². The minimum absolute atomic E-state index is 0.0792. The van der Waals surface area contributed by atoms with Crippen molar-refractivity contribution in [2.75, 3.05) is 17.1 Å². The van der Waals surface area contributed by atoms with Crippen LogP contribution in [0.3, 0.4) is 0 Å². The zero-order valence-electron chi connectivity index (χ0n) is 17.8. The zero-order valence-corrected chi connectivity index (χ0v) is 20.1. The first-order chi connectivity index (χ1) is 15.2. The van der Waals surface area contributed by atoms with E-state index in [1.54, 1.807) is 51.3 Å². The van der Waals surface area contributed by atoms with E-state index in [9.17, 15) is 13.2 Å². The molecule has 0 radical (unpaired) electrons. The average molecular weight is 491 g/mol. The van der Waals surface area contributed by atoms with Gasteiger partial charge in [-0.15, -0.1) is 11.8 Å². The Labute approximate surface area is 197 Å². The fourth-order valence-corrected chi connectivity index (χ4v) is 4.96. The van der Waals surface area contributed by atoms with Crippen molar-refractivity contribution in [3.05, 3.63) is 77.3 Å². The van der Waals surface area contributed by atoms with Crippen LogP contribution in [0.25, 0.3) is 0 Å². The fraction of sp³-hybridized carbons (Fsp3) is 0.174. The van der Waals surface area contributed by atoms with E-state index in [-0.39, 0.29) is 16.1 Å². The predicted octanol–water partition coefficient (Wildman–Crippen LogP) is 5.58. The van der Waals surface area contributed by atoms with E-state index in [0.717, 1.165) is 10.6 Å². The molecule has 3 aromatic rings. The average Bonchev–Trinajstić information content (AvgIpc) is 2.77. The van der Waals surface area contributed by atoms with Crippen molar-refractivity contribution in [1.82, 2.24) is 0 Å². The van der Waals surface area contributed by atoms with Crippen LogP contribution in [0.15, 0.2) is 76.5 Å². The summed E-state index contributed by atoms with van der Waals surface area (Å²) in [4.78, 5) is 13.6. The van der Waals surface area contributed by atoms with Crippen molar-refractivity contribution in [3.63, 3.8) is 0 Å². The topological polar surface area (TPSA) is 84.5 Å². The lowest BCUT2D eigenvalue weighted by atomic mass is 10.2. The van der Waals surface area contributed by atoms with Crippen molar-refractivity contribution in [1.29, 1.82) is 0 Å². The number of amides is 1. The molecule has 9 heteroatoms. The van der Waals surface area contributed by atoms with Crippen LogP contribution in [0.1, 0.15) is 12.5 Å². The number of thioether (sulfide) groups is 1. The molecule has 1 atom stereocenters. The molecule has 0 saturated carbocycles. The summed E-state index contributed by atoms with van der Waals surface area (Å²) in [6, 6.07) is 18.5. The van der Waals surface area contributed by atoms with Gasteiger partial charge in [0.05, 0.1) is 22.9 Å². The van der Waals surface area contributed by atoms with Gasteiger partial charge in [0, 0.05) is 15.6 Å². The summed E-state index contributed by atoms with van der Waals surface area (Å²) in [6.07, 6.45) is 0. The van der Waals surface area contributed by atoms with Crippen LogP contribution in [0, 0.1) is 6.92 Å². The number of ether oxygens (including phenoxy) is 1. The molecule has 0 aromatic heterocycles. The molecule has 0 unspecified atom stereocenters. The summed E-state index contributed by atoms with van der Waals surface area (Å²) in [7, 11) is -2.20. The summed E-state index contributed by atoms with van der Waals surface area (Å²) < 4.78 is 33.1. The predicted molar refractivity (Wildman–Crippen MR) is 130 cm³/mol. The molecule has 0 spiro atoms. The van der Waals surface area contributed by atoms with Crippen LogP contribution in [-0.4, -0.2) is 26.7 Å². The molecule has 3 aromatic carbocycles. The number of sulfonamides is 1. The third kappa shape index (κ3) is 5.97. The van der Waals surface area contributed by atoms with Crippen molar-refractivity contribution in [3.8, 4) is 5.75 Å². The molecular formula is C23H23ClN2O4S2. The Bertz CT molecular complexity index is 1200. The maximum absolute atomic E-state index is 12.7. The van der Waals surface area contributed by atoms with Gasteiger partial charge < -0.3 is 10.1 Å². The Kier molecular flexibility index (Phi) is 7.71. The first-order valence-corrected chi connectivity index (χ1v) is 12.4. The minimum Gasteiger partial charge on any atom is -0.497 e. The van der Waals surface area contributed by atoms with Crippen molar-refractivity contribution >= 4 is 50.7 Å². The summed E-state index contributed by atoms with van der Waals surface area (Å²) in [5.74, 6) is 0.565. The Morgan fingerprint density at radius 3 is 2.31 bits per heavy atom. The highest BCUT2D eigenvalue weighted by molar-refractivity contribution is 8.00. The van der Waals surface area contributed by atoms with E-state index in [4.69, 9.17) is 16.3 Å². The van der Waals surface area contributed by atoms with Crippen LogP contribution in [0.5, 0.6) is 5.75 Å². The van der Waals surface area contributed by atoms with Gasteiger partial charge in [-0.25, -0.2) is 8.42 Å². The maximum atomic E-state index is 12.7. The first kappa shape index (κ1) is 24.0. The number of carbonyl (C=O) groups is 1. The molecule has 168 valence electrons. The van der Waals surface area contributed by atoms with E-state index in [1.807, 2.05) is 24.3 Å². The van der Waals surface area contributed by atoms with Crippen LogP contribution >= 0.6 is 23.4 Å². The van der Waals surface area contributed by atoms with Gasteiger partial charge in [-0.3, -0.25) is 9.52 Å². The van der Waals surface area contributed by atoms with E-state index < -0.39 is 10.0 Å². The molecule has 0 bridgehead atoms. The number of nitrogens with one attached hydrogen (secondary N) is 2. The largest absolute Gasteiger partial charge is 0.497 e. The van der Waals surface area contributed by atoms with Crippen LogP contribution in [0.2, 0.25) is 5.02 Å². The standard InChI is InChI=1S/C23H23ClN2O4S2/c1-15-21(24)5-4-6-22(15)26-32(28,29)20-13-7-17(8-14-20)25-23(27)16(2)31-19-11-9-18(30-3)10-12-19/h4-14,16,26H,1-3H3,(H,25,27)/t16-/m1/s1. The minimum atomic E-state index is -3.80. The lowest BCUT2D eigenvalue weighted by Crippen LogP contribution is -2.22. The number of rotatable bonds is 8. The lowest BCUT2D eigenvalue weighted by Gasteiger charge is -2.14. The normalized spacial score (nSPS) is 12.1. The number of carbonyl (C=O) groups excluding carboxylic acids is 1. The van der Waals surface area contributed by atoms with Crippen molar-refractivity contribution < 1.29 is 17.9 Å². The molecule has 0 fully saturated rings. The molecule has 3 rings (SSSR count). The second-order valence-electron chi connectivity index (χ2n) is 6.97. The molecule has 32 heavy (non-hydrogen) atoms. The molecule has 0 aliphatic heterocycles. The summed E-state index contributed by atoms with van der Waals surface area (Å²) in [5.41, 5.74) is 1.57. The molecule has 0 saturated heterocycles. The summed E-state index contributed by atoms with van der Waals surface area (Å²) in [5, 5.41) is 2.94. The van der Waals surface area contributed by atoms with Crippen molar-refractivity contribution in [2.45, 2.75) is 28.9 Å². The monoisotopic (exact) mass is 490 g/mol. The Morgan fingerprint density at radius 1 is 1.03 bits per heavy atom. The van der Waals surface area contributed by atoms with Crippen LogP contribution < -0.4 is 14.8 Å². The van der Waals surface area contributed by atoms with E-state index >= 15 is 0 Å². The Morgan fingerprint density at radius 2 is 1.69 bits per heavy atom. The third-order valence-electron chi connectivity index (χ3n) is 4.69. The highest BCUT2D eigenvalue weighted by atomic mass is 35.5. The third-order valence-corrected chi connectivity index (χ3v) is 7.59. The van der Waals surface area contributed by atoms with E-state index in [0.29, 0.717) is 22.0 Å². The fourth-order valence-electron chi connectivity index (χ4n) is 2.79. The van der Waals surface area contributed by atoms with Gasteiger partial charge in [-0.05, 0) is 80.1 Å². The number of hydrogen-bond donors (Lipinski definition) is 2. The first-order valence-electron chi connectivity index (χ1n) is 9.69. The van der Waals surface area contributed by atoms with Gasteiger partial charge in [0.1, 0.15) is 5.75 Å². The number of anilines is 2. The van der Waals surface area contributed by atoms with Gasteiger partial charge in [-0.1, -0.05) is 17.7 Å². The Hall–Kier alpha value is -2.68. The molecule has 1 amide bonds. The van der Waals surface area contributed by atoms with E-state index in [1.165, 1.54) is 23.9 Å². The quantitative estimate of drug-likeness (QED) is 0.403. The molecule has 0 aliphatic rings. The highest BCUT2D eigenvalue weighted by Crippen LogP contribution is 2.27. The summed E-state index contributed by atoms with van der Waals surface area (Å²) in [6.45, 7) is 3.55. The molecule has 0 aliphatic carbocycles. The smallest absolute Gasteiger partial charge is 0.261 e. The highest BCUT2D eigenvalue weighted by Gasteiger charge is 2.18. The second-order valence-corrected chi connectivity index (χ2v) is 10.5. The maximum Gasteiger partial charge on any atom is 0.261 e. The lowest BCUT2D eigenvalue weighted by molar-refractivity contribution is -0.115. The van der Waals surface area contributed by atoms with Gasteiger partial charge in [0.15, 0.2) is 0 Å². The number of hydrogen-bond acceptors (Lipinski definition) is 5. The summed E-state index contributed by atoms with van der Waals surface area (Å²) >= 11 is 7.48. The SMILES string of the molecule is COc1ccc(S[C@H](C)C(=O)Nc2ccc(S(=O)(=O)Nc3cccc(Cl)c3C)cc2)cc1. The van der Waals surface area contributed by atoms with Crippen LogP contribution in [-0.2, 0) is 14.8 Å². The number of halogens is 1. The second kappa shape index (κ2) is 10.3. The molecule has 0 heterocycles. The van der Waals surface area contributed by atoms with Gasteiger partial charge >= 0.3 is 0 Å². The van der Waals surface area contributed by atoms with Gasteiger partial charge in [-0.2, -0.15) is 0 Å². The molecule has 2 N–H and O–H groups in total. The molecule has 6 nitrogen and oxygen atoms in total. The number of methoxy groups -OCH3 is 1. The molecular weight excluding hydrogens is 468 g/mol. The van der Waals surface area contributed by atoms with Gasteiger partial charge in [0.2, 0.25) is 5.91 Å². The van der Waals surface area contributed by atoms with Gasteiger partial charge in [0.25, 0.3) is 10.0 Å². The number of benzene rings is 3. The van der Waals surface area contributed by atoms with Crippen LogP contribution in [0.4, 0.5) is 11.4 Å². The Balaban J connectivity index is 1.64. The zero-order chi connectivity index (χ0) is 23.3.